The largest absolute Gasteiger partial charge is 0.384 e. The van der Waals surface area contributed by atoms with Crippen LogP contribution in [0.1, 0.15) is 29.2 Å². The number of hydrogen-bond donors (Lipinski definition) is 1. The van der Waals surface area contributed by atoms with E-state index in [1.807, 2.05) is 12.4 Å². The Morgan fingerprint density at radius 3 is 3.04 bits per heavy atom. The molecule has 1 fully saturated rings. The Hall–Kier alpha value is -1.91. The molecule has 0 spiro atoms. The molecule has 1 saturated heterocycles. The average molecular weight is 336 g/mol. The minimum absolute atomic E-state index is 0.482. The molecule has 2 aliphatic rings. The fourth-order valence-electron chi connectivity index (χ4n) is 4.59. The Morgan fingerprint density at radius 1 is 1.28 bits per heavy atom. The minimum Gasteiger partial charge on any atom is -0.384 e. The summed E-state index contributed by atoms with van der Waals surface area (Å²) in [6.07, 6.45) is 6.31. The summed E-state index contributed by atoms with van der Waals surface area (Å²) in [5.41, 5.74) is 5.63. The number of benzene rings is 1. The van der Waals surface area contributed by atoms with Crippen molar-refractivity contribution in [3.05, 3.63) is 59.4 Å². The number of anilines is 1. The van der Waals surface area contributed by atoms with Crippen LogP contribution < -0.4 is 5.32 Å². The van der Waals surface area contributed by atoms with Gasteiger partial charge < -0.3 is 10.2 Å². The van der Waals surface area contributed by atoms with E-state index in [9.17, 15) is 0 Å². The van der Waals surface area contributed by atoms with Crippen molar-refractivity contribution in [3.63, 3.8) is 0 Å². The molecule has 2 aromatic rings. The number of aromatic nitrogens is 1. The van der Waals surface area contributed by atoms with Crippen molar-refractivity contribution in [1.82, 2.24) is 14.8 Å². The van der Waals surface area contributed by atoms with Crippen LogP contribution >= 0.6 is 0 Å². The van der Waals surface area contributed by atoms with E-state index in [0.29, 0.717) is 12.0 Å². The molecule has 2 aliphatic heterocycles. The van der Waals surface area contributed by atoms with E-state index in [4.69, 9.17) is 0 Å². The lowest BCUT2D eigenvalue weighted by Gasteiger charge is -2.29. The molecule has 132 valence electrons. The first-order valence-corrected chi connectivity index (χ1v) is 9.35. The predicted octanol–water partition coefficient (Wildman–Crippen LogP) is 3.17. The Kier molecular flexibility index (Phi) is 4.73. The third-order valence-electron chi connectivity index (χ3n) is 5.72. The van der Waals surface area contributed by atoms with E-state index in [2.05, 4.69) is 64.5 Å². The Labute approximate surface area is 150 Å². The number of nitrogens with one attached hydrogen (secondary N) is 1. The minimum atomic E-state index is 0.482. The maximum atomic E-state index is 4.34. The van der Waals surface area contributed by atoms with Gasteiger partial charge in [0.05, 0.1) is 0 Å². The van der Waals surface area contributed by atoms with Crippen LogP contribution in [-0.2, 0) is 13.0 Å². The number of likely N-dealkylation sites (tertiary alicyclic amines) is 1. The topological polar surface area (TPSA) is 31.4 Å². The van der Waals surface area contributed by atoms with Gasteiger partial charge in [-0.3, -0.25) is 9.88 Å². The van der Waals surface area contributed by atoms with Crippen LogP contribution in [0.25, 0.3) is 0 Å². The van der Waals surface area contributed by atoms with Gasteiger partial charge in [-0.05, 0) is 62.2 Å². The van der Waals surface area contributed by atoms with Gasteiger partial charge in [0.1, 0.15) is 0 Å². The average Bonchev–Trinajstić information content (AvgIpc) is 3.23. The molecule has 25 heavy (non-hydrogen) atoms. The van der Waals surface area contributed by atoms with E-state index in [1.54, 1.807) is 0 Å². The van der Waals surface area contributed by atoms with Gasteiger partial charge in [0.15, 0.2) is 0 Å². The highest BCUT2D eigenvalue weighted by Crippen LogP contribution is 2.36. The molecule has 3 heterocycles. The van der Waals surface area contributed by atoms with E-state index >= 15 is 0 Å². The molecule has 1 aromatic heterocycles. The summed E-state index contributed by atoms with van der Waals surface area (Å²) in [4.78, 5) is 9.31. The maximum absolute atomic E-state index is 4.34. The van der Waals surface area contributed by atoms with Crippen molar-refractivity contribution in [2.45, 2.75) is 25.4 Å². The van der Waals surface area contributed by atoms with Crippen LogP contribution in [0.2, 0.25) is 0 Å². The second-order valence-corrected chi connectivity index (χ2v) is 7.59. The molecule has 0 unspecified atom stereocenters. The van der Waals surface area contributed by atoms with Crippen molar-refractivity contribution in [3.8, 4) is 0 Å². The molecule has 4 nitrogen and oxygen atoms in total. The molecule has 0 saturated carbocycles. The van der Waals surface area contributed by atoms with Crippen LogP contribution in [-0.4, -0.2) is 48.5 Å². The van der Waals surface area contributed by atoms with Gasteiger partial charge in [-0.2, -0.15) is 0 Å². The number of fused-ring (bicyclic) bond motifs is 1. The van der Waals surface area contributed by atoms with Crippen LogP contribution in [0, 0.1) is 5.92 Å². The fourth-order valence-corrected chi connectivity index (χ4v) is 4.59. The highest BCUT2D eigenvalue weighted by Gasteiger charge is 2.33. The first kappa shape index (κ1) is 16.6. The van der Waals surface area contributed by atoms with Crippen molar-refractivity contribution in [2.24, 2.45) is 5.92 Å². The van der Waals surface area contributed by atoms with E-state index in [0.717, 1.165) is 26.1 Å². The second-order valence-electron chi connectivity index (χ2n) is 7.59. The van der Waals surface area contributed by atoms with Crippen LogP contribution in [0.4, 0.5) is 5.69 Å². The summed E-state index contributed by atoms with van der Waals surface area (Å²) in [5.74, 6) is 0.656. The quantitative estimate of drug-likeness (QED) is 0.909. The lowest BCUT2D eigenvalue weighted by molar-refractivity contribution is 0.214. The molecule has 4 heteroatoms. The first-order valence-electron chi connectivity index (χ1n) is 9.35. The van der Waals surface area contributed by atoms with Crippen molar-refractivity contribution in [2.75, 3.05) is 39.0 Å². The summed E-state index contributed by atoms with van der Waals surface area (Å²) >= 11 is 0. The molecule has 0 aliphatic carbocycles. The van der Waals surface area contributed by atoms with Gasteiger partial charge in [0.25, 0.3) is 0 Å². The highest BCUT2D eigenvalue weighted by molar-refractivity contribution is 5.61. The van der Waals surface area contributed by atoms with Gasteiger partial charge in [-0.1, -0.05) is 24.3 Å². The SMILES string of the molecule is CN(Cc1cccc2c1NCC2)C[C@@H]1CCN(C)[C@H]1c1cccnc1. The van der Waals surface area contributed by atoms with E-state index in [-0.39, 0.29) is 0 Å². The molecule has 2 atom stereocenters. The summed E-state index contributed by atoms with van der Waals surface area (Å²) in [5, 5.41) is 3.57. The van der Waals surface area contributed by atoms with Crippen molar-refractivity contribution < 1.29 is 0 Å². The monoisotopic (exact) mass is 336 g/mol. The summed E-state index contributed by atoms with van der Waals surface area (Å²) in [7, 11) is 4.50. The lowest BCUT2D eigenvalue weighted by Crippen LogP contribution is -2.30. The summed E-state index contributed by atoms with van der Waals surface area (Å²) < 4.78 is 0. The molecule has 0 radical (unpaired) electrons. The molecular formula is C21H28N4. The standard InChI is InChI=1S/C21H28N4/c1-24(14-18-6-3-5-16-8-11-23-20(16)18)15-19-9-12-25(2)21(19)17-7-4-10-22-13-17/h3-7,10,13,19,21,23H,8-9,11-12,14-15H2,1-2H3/t19-,21-/m0/s1. The molecular weight excluding hydrogens is 308 g/mol. The number of para-hydroxylation sites is 1. The third kappa shape index (κ3) is 3.42. The Bertz CT molecular complexity index is 715. The number of pyridine rings is 1. The zero-order chi connectivity index (χ0) is 17.2. The molecule has 1 N–H and O–H groups in total. The van der Waals surface area contributed by atoms with Crippen molar-refractivity contribution >= 4 is 5.69 Å². The number of hydrogen-bond acceptors (Lipinski definition) is 4. The van der Waals surface area contributed by atoms with Gasteiger partial charge in [0.2, 0.25) is 0 Å². The van der Waals surface area contributed by atoms with Gasteiger partial charge >= 0.3 is 0 Å². The van der Waals surface area contributed by atoms with Crippen LogP contribution in [0.5, 0.6) is 0 Å². The predicted molar refractivity (Wildman–Crippen MR) is 103 cm³/mol. The second kappa shape index (κ2) is 7.14. The van der Waals surface area contributed by atoms with Crippen LogP contribution in [0.15, 0.2) is 42.7 Å². The maximum Gasteiger partial charge on any atom is 0.0419 e. The lowest BCUT2D eigenvalue weighted by atomic mass is 9.94. The number of rotatable bonds is 5. The summed E-state index contributed by atoms with van der Waals surface area (Å²) in [6, 6.07) is 11.5. The zero-order valence-corrected chi connectivity index (χ0v) is 15.3. The van der Waals surface area contributed by atoms with Gasteiger partial charge in [-0.15, -0.1) is 0 Å². The smallest absolute Gasteiger partial charge is 0.0419 e. The zero-order valence-electron chi connectivity index (χ0n) is 15.3. The van der Waals surface area contributed by atoms with Gasteiger partial charge in [0, 0.05) is 43.8 Å². The molecule has 1 aromatic carbocycles. The number of nitrogens with zero attached hydrogens (tertiary/aromatic N) is 3. The molecule has 0 bridgehead atoms. The summed E-state index contributed by atoms with van der Waals surface area (Å²) in [6.45, 7) is 4.37. The van der Waals surface area contributed by atoms with E-state index < -0.39 is 0 Å². The van der Waals surface area contributed by atoms with Crippen molar-refractivity contribution in [1.29, 1.82) is 0 Å². The Balaban J connectivity index is 1.45. The normalized spacial score (nSPS) is 23.0. The Morgan fingerprint density at radius 2 is 2.20 bits per heavy atom. The molecule has 4 rings (SSSR count). The third-order valence-corrected chi connectivity index (χ3v) is 5.72. The first-order chi connectivity index (χ1) is 12.2. The highest BCUT2D eigenvalue weighted by atomic mass is 15.2. The van der Waals surface area contributed by atoms with Crippen LogP contribution in [0.3, 0.4) is 0 Å². The molecule has 0 amide bonds. The van der Waals surface area contributed by atoms with E-state index in [1.165, 1.54) is 35.3 Å². The fraction of sp³-hybridized carbons (Fsp3) is 0.476. The van der Waals surface area contributed by atoms with Gasteiger partial charge in [-0.25, -0.2) is 0 Å².